The second kappa shape index (κ2) is 8.63. The highest BCUT2D eigenvalue weighted by atomic mass is 16.6. The highest BCUT2D eigenvalue weighted by Gasteiger charge is 2.23. The Morgan fingerprint density at radius 3 is 2.48 bits per heavy atom. The molecule has 1 N–H and O–H groups in total. The number of rotatable bonds is 7. The number of fused-ring (bicyclic) bond motifs is 1. The Balaban J connectivity index is 1.40. The molecule has 1 fully saturated rings. The molecule has 2 heterocycles. The standard InChI is InChI=1S/C22H28N2O3/c1-25-19-7-5-18(6-8-19)20(24-10-2-3-11-24)16-23-15-17-4-9-21-22(14-17)27-13-12-26-21/h4-9,14,20,23H,2-3,10-13,15-16H2,1H3/t20-/m1/s1. The molecule has 5 nitrogen and oxygen atoms in total. The van der Waals surface area contributed by atoms with Crippen molar-refractivity contribution < 1.29 is 14.2 Å². The van der Waals surface area contributed by atoms with Gasteiger partial charge in [-0.1, -0.05) is 18.2 Å². The Kier molecular flexibility index (Phi) is 5.80. The minimum atomic E-state index is 0.385. The predicted molar refractivity (Wildman–Crippen MR) is 106 cm³/mol. The lowest BCUT2D eigenvalue weighted by molar-refractivity contribution is 0.171. The van der Waals surface area contributed by atoms with Crippen LogP contribution in [0, 0.1) is 0 Å². The minimum absolute atomic E-state index is 0.385. The van der Waals surface area contributed by atoms with Gasteiger partial charge in [-0.25, -0.2) is 0 Å². The molecule has 2 aliphatic heterocycles. The second-order valence-corrected chi connectivity index (χ2v) is 7.14. The van der Waals surface area contributed by atoms with Crippen LogP contribution in [0.25, 0.3) is 0 Å². The molecule has 0 amide bonds. The van der Waals surface area contributed by atoms with E-state index in [1.54, 1.807) is 7.11 Å². The van der Waals surface area contributed by atoms with Gasteiger partial charge in [0, 0.05) is 19.1 Å². The van der Waals surface area contributed by atoms with Crippen molar-refractivity contribution in [3.05, 3.63) is 53.6 Å². The van der Waals surface area contributed by atoms with E-state index in [9.17, 15) is 0 Å². The van der Waals surface area contributed by atoms with Gasteiger partial charge in [0.15, 0.2) is 11.5 Å². The maximum absolute atomic E-state index is 5.69. The van der Waals surface area contributed by atoms with Crippen LogP contribution < -0.4 is 19.5 Å². The summed E-state index contributed by atoms with van der Waals surface area (Å²) < 4.78 is 16.6. The van der Waals surface area contributed by atoms with Gasteiger partial charge in [0.1, 0.15) is 19.0 Å². The molecule has 27 heavy (non-hydrogen) atoms. The third kappa shape index (κ3) is 4.37. The molecular weight excluding hydrogens is 340 g/mol. The molecule has 2 aromatic rings. The maximum Gasteiger partial charge on any atom is 0.161 e. The topological polar surface area (TPSA) is 43.0 Å². The Hall–Kier alpha value is -2.24. The summed E-state index contributed by atoms with van der Waals surface area (Å²) in [7, 11) is 1.71. The van der Waals surface area contributed by atoms with Crippen LogP contribution in [0.4, 0.5) is 0 Å². The van der Waals surface area contributed by atoms with Gasteiger partial charge in [-0.2, -0.15) is 0 Å². The van der Waals surface area contributed by atoms with Gasteiger partial charge < -0.3 is 19.5 Å². The van der Waals surface area contributed by atoms with E-state index in [4.69, 9.17) is 14.2 Å². The normalized spacial score (nSPS) is 17.7. The fraction of sp³-hybridized carbons (Fsp3) is 0.455. The molecule has 0 saturated carbocycles. The van der Waals surface area contributed by atoms with Crippen LogP contribution in [0.2, 0.25) is 0 Å². The Morgan fingerprint density at radius 1 is 1.00 bits per heavy atom. The molecule has 0 spiro atoms. The molecule has 1 saturated heterocycles. The number of nitrogens with one attached hydrogen (secondary N) is 1. The Labute approximate surface area is 161 Å². The van der Waals surface area contributed by atoms with E-state index >= 15 is 0 Å². The van der Waals surface area contributed by atoms with E-state index in [0.717, 1.165) is 30.3 Å². The van der Waals surface area contributed by atoms with Gasteiger partial charge in [-0.05, 0) is 61.3 Å². The fourth-order valence-electron chi connectivity index (χ4n) is 3.89. The lowest BCUT2D eigenvalue weighted by Crippen LogP contribution is -2.34. The highest BCUT2D eigenvalue weighted by molar-refractivity contribution is 5.43. The minimum Gasteiger partial charge on any atom is -0.497 e. The molecule has 0 radical (unpaired) electrons. The summed E-state index contributed by atoms with van der Waals surface area (Å²) in [5.74, 6) is 2.60. The molecule has 144 valence electrons. The second-order valence-electron chi connectivity index (χ2n) is 7.14. The summed E-state index contributed by atoms with van der Waals surface area (Å²) in [4.78, 5) is 2.58. The number of likely N-dealkylation sites (tertiary alicyclic amines) is 1. The van der Waals surface area contributed by atoms with Gasteiger partial charge in [0.2, 0.25) is 0 Å². The number of hydrogen-bond donors (Lipinski definition) is 1. The lowest BCUT2D eigenvalue weighted by atomic mass is 10.0. The fourth-order valence-corrected chi connectivity index (χ4v) is 3.89. The molecule has 2 aromatic carbocycles. The smallest absolute Gasteiger partial charge is 0.161 e. The van der Waals surface area contributed by atoms with Gasteiger partial charge >= 0.3 is 0 Å². The lowest BCUT2D eigenvalue weighted by Gasteiger charge is -2.28. The predicted octanol–water partition coefficient (Wildman–Crippen LogP) is 3.39. The number of methoxy groups -OCH3 is 1. The summed E-state index contributed by atoms with van der Waals surface area (Å²) in [6.07, 6.45) is 2.57. The summed E-state index contributed by atoms with van der Waals surface area (Å²) in [6.45, 7) is 5.32. The molecule has 0 aromatic heterocycles. The molecule has 0 unspecified atom stereocenters. The zero-order chi connectivity index (χ0) is 18.5. The first kappa shape index (κ1) is 18.1. The van der Waals surface area contributed by atoms with Crippen molar-refractivity contribution >= 4 is 0 Å². The Morgan fingerprint density at radius 2 is 1.74 bits per heavy atom. The Bertz CT molecular complexity index is 742. The quantitative estimate of drug-likeness (QED) is 0.811. The SMILES string of the molecule is COc1ccc([C@@H](CNCc2ccc3c(c2)OCCO3)N2CCCC2)cc1. The molecule has 0 bridgehead atoms. The summed E-state index contributed by atoms with van der Waals surface area (Å²) in [5, 5.41) is 3.64. The van der Waals surface area contributed by atoms with Gasteiger partial charge in [-0.15, -0.1) is 0 Å². The van der Waals surface area contributed by atoms with Crippen molar-refractivity contribution in [1.29, 1.82) is 0 Å². The maximum atomic E-state index is 5.69. The zero-order valence-electron chi connectivity index (χ0n) is 15.9. The summed E-state index contributed by atoms with van der Waals surface area (Å²) in [5.41, 5.74) is 2.56. The van der Waals surface area contributed by atoms with Gasteiger partial charge in [-0.3, -0.25) is 4.90 Å². The number of hydrogen-bond acceptors (Lipinski definition) is 5. The van der Waals surface area contributed by atoms with Crippen molar-refractivity contribution in [2.45, 2.75) is 25.4 Å². The van der Waals surface area contributed by atoms with Crippen LogP contribution in [0.5, 0.6) is 17.2 Å². The highest BCUT2D eigenvalue weighted by Crippen LogP contribution is 2.31. The third-order valence-electron chi connectivity index (χ3n) is 5.36. The monoisotopic (exact) mass is 368 g/mol. The largest absolute Gasteiger partial charge is 0.497 e. The molecule has 0 aliphatic carbocycles. The van der Waals surface area contributed by atoms with Gasteiger partial charge in [0.05, 0.1) is 7.11 Å². The van der Waals surface area contributed by atoms with Gasteiger partial charge in [0.25, 0.3) is 0 Å². The van der Waals surface area contributed by atoms with E-state index in [1.807, 2.05) is 6.07 Å². The van der Waals surface area contributed by atoms with Crippen LogP contribution in [0.1, 0.15) is 30.0 Å². The first-order valence-corrected chi connectivity index (χ1v) is 9.81. The average molecular weight is 368 g/mol. The number of ether oxygens (including phenoxy) is 3. The molecule has 5 heteroatoms. The van der Waals surface area contributed by atoms with Crippen LogP contribution in [-0.2, 0) is 6.54 Å². The average Bonchev–Trinajstić information content (AvgIpc) is 3.26. The van der Waals surface area contributed by atoms with E-state index in [2.05, 4.69) is 46.6 Å². The zero-order valence-corrected chi connectivity index (χ0v) is 15.9. The molecule has 2 aliphatic rings. The number of nitrogens with zero attached hydrogens (tertiary/aromatic N) is 1. The van der Waals surface area contributed by atoms with E-state index in [-0.39, 0.29) is 0 Å². The van der Waals surface area contributed by atoms with Crippen LogP contribution in [0.3, 0.4) is 0 Å². The van der Waals surface area contributed by atoms with E-state index < -0.39 is 0 Å². The van der Waals surface area contributed by atoms with Crippen LogP contribution in [0.15, 0.2) is 42.5 Å². The van der Waals surface area contributed by atoms with E-state index in [0.29, 0.717) is 19.3 Å². The van der Waals surface area contributed by atoms with Crippen molar-refractivity contribution in [3.8, 4) is 17.2 Å². The number of benzene rings is 2. The van der Waals surface area contributed by atoms with Crippen molar-refractivity contribution in [3.63, 3.8) is 0 Å². The third-order valence-corrected chi connectivity index (χ3v) is 5.36. The first-order chi connectivity index (χ1) is 13.3. The van der Waals surface area contributed by atoms with Crippen LogP contribution in [-0.4, -0.2) is 44.9 Å². The van der Waals surface area contributed by atoms with Crippen molar-refractivity contribution in [2.75, 3.05) is 40.0 Å². The first-order valence-electron chi connectivity index (χ1n) is 9.81. The van der Waals surface area contributed by atoms with Crippen LogP contribution >= 0.6 is 0 Å². The molecule has 1 atom stereocenters. The van der Waals surface area contributed by atoms with E-state index in [1.165, 1.54) is 37.1 Å². The molecule has 4 rings (SSSR count). The molecular formula is C22H28N2O3. The van der Waals surface area contributed by atoms with Crippen molar-refractivity contribution in [1.82, 2.24) is 10.2 Å². The summed E-state index contributed by atoms with van der Waals surface area (Å²) in [6, 6.07) is 15.1. The van der Waals surface area contributed by atoms with Crippen molar-refractivity contribution in [2.24, 2.45) is 0 Å². The summed E-state index contributed by atoms with van der Waals surface area (Å²) >= 11 is 0.